The van der Waals surface area contributed by atoms with E-state index in [1.807, 2.05) is 0 Å². The Hall–Kier alpha value is 0.420. The summed E-state index contributed by atoms with van der Waals surface area (Å²) in [6.07, 6.45) is 26.4. The van der Waals surface area contributed by atoms with Crippen LogP contribution in [0, 0.1) is 0 Å². The van der Waals surface area contributed by atoms with Gasteiger partial charge in [0, 0.05) is 0 Å². The molecule has 0 heterocycles. The van der Waals surface area contributed by atoms with Crippen LogP contribution in [0.3, 0.4) is 0 Å². The lowest BCUT2D eigenvalue weighted by Crippen LogP contribution is -2.17. The van der Waals surface area contributed by atoms with E-state index in [0.29, 0.717) is 0 Å². The van der Waals surface area contributed by atoms with Crippen molar-refractivity contribution >= 4 is 19.6 Å². The van der Waals surface area contributed by atoms with Crippen LogP contribution in [-0.4, -0.2) is 41.0 Å². The molecule has 0 aliphatic carbocycles. The summed E-state index contributed by atoms with van der Waals surface area (Å²) in [4.78, 5) is 17.2. The first-order valence-corrected chi connectivity index (χ1v) is 16.7. The van der Waals surface area contributed by atoms with Crippen LogP contribution in [0.25, 0.3) is 0 Å². The van der Waals surface area contributed by atoms with E-state index in [0.717, 1.165) is 38.8 Å². The predicted octanol–water partition coefficient (Wildman–Crippen LogP) is 8.24. The van der Waals surface area contributed by atoms with Crippen molar-refractivity contribution in [1.82, 2.24) is 5.32 Å². The Morgan fingerprint density at radius 2 is 1.03 bits per heavy atom. The molecule has 0 saturated carbocycles. The van der Waals surface area contributed by atoms with Gasteiger partial charge in [0.1, 0.15) is 0 Å². The highest BCUT2D eigenvalue weighted by molar-refractivity contribution is 7.99. The zero-order chi connectivity index (χ0) is 24.3. The molecular formula is C26H56NO4PS. The van der Waals surface area contributed by atoms with Crippen molar-refractivity contribution in [1.29, 1.82) is 0 Å². The van der Waals surface area contributed by atoms with E-state index < -0.39 is 7.82 Å². The molecule has 0 aromatic heterocycles. The van der Waals surface area contributed by atoms with Crippen molar-refractivity contribution in [2.24, 2.45) is 0 Å². The van der Waals surface area contributed by atoms with Gasteiger partial charge in [-0.1, -0.05) is 110 Å². The van der Waals surface area contributed by atoms with Gasteiger partial charge in [-0.05, 0) is 50.3 Å². The van der Waals surface area contributed by atoms with Gasteiger partial charge >= 0.3 is 7.82 Å². The number of unbranched alkanes of at least 4 members (excludes halogenated alkanes) is 17. The first-order chi connectivity index (χ1) is 16.1. The third kappa shape index (κ3) is 32.4. The summed E-state index contributed by atoms with van der Waals surface area (Å²) in [7, 11) is -4.28. The zero-order valence-electron chi connectivity index (χ0n) is 21.7. The van der Waals surface area contributed by atoms with Crippen LogP contribution in [0.5, 0.6) is 0 Å². The normalized spacial score (nSPS) is 12.0. The van der Waals surface area contributed by atoms with Gasteiger partial charge in [0.15, 0.2) is 0 Å². The van der Waals surface area contributed by atoms with E-state index in [1.165, 1.54) is 114 Å². The van der Waals surface area contributed by atoms with E-state index >= 15 is 0 Å². The van der Waals surface area contributed by atoms with Crippen LogP contribution in [-0.2, 0) is 9.09 Å². The van der Waals surface area contributed by atoms with Crippen LogP contribution in [0.4, 0.5) is 0 Å². The Balaban J connectivity index is 3.03. The first kappa shape index (κ1) is 33.4. The molecule has 0 aliphatic rings. The molecule has 0 aliphatic heterocycles. The molecule has 3 N–H and O–H groups in total. The Kier molecular flexibility index (Phi) is 27.4. The number of phosphoric ester groups is 1. The predicted molar refractivity (Wildman–Crippen MR) is 146 cm³/mol. The van der Waals surface area contributed by atoms with Gasteiger partial charge in [0.2, 0.25) is 0 Å². The van der Waals surface area contributed by atoms with Crippen molar-refractivity contribution in [3.63, 3.8) is 0 Å². The van der Waals surface area contributed by atoms with Crippen LogP contribution >= 0.6 is 19.6 Å². The minimum absolute atomic E-state index is 0.152. The number of phosphoric acid groups is 1. The van der Waals surface area contributed by atoms with Crippen molar-refractivity contribution in [3.8, 4) is 0 Å². The lowest BCUT2D eigenvalue weighted by Gasteiger charge is -2.06. The maximum Gasteiger partial charge on any atom is 0.469 e. The van der Waals surface area contributed by atoms with Crippen LogP contribution in [0.15, 0.2) is 0 Å². The van der Waals surface area contributed by atoms with Gasteiger partial charge in [-0.3, -0.25) is 4.52 Å². The maximum atomic E-state index is 10.5. The molecular weight excluding hydrogens is 453 g/mol. The van der Waals surface area contributed by atoms with Gasteiger partial charge in [-0.25, -0.2) is 4.57 Å². The number of hydrogen-bond acceptors (Lipinski definition) is 4. The summed E-state index contributed by atoms with van der Waals surface area (Å²) in [5, 5.41) is 3.52. The van der Waals surface area contributed by atoms with Crippen LogP contribution in [0.1, 0.15) is 135 Å². The highest BCUT2D eigenvalue weighted by Crippen LogP contribution is 2.35. The van der Waals surface area contributed by atoms with Gasteiger partial charge in [0.25, 0.3) is 0 Å². The fourth-order valence-corrected chi connectivity index (χ4v) is 5.32. The molecule has 0 aromatic rings. The summed E-state index contributed by atoms with van der Waals surface area (Å²) in [6.45, 7) is 4.62. The summed E-state index contributed by atoms with van der Waals surface area (Å²) in [6, 6.07) is 0. The highest BCUT2D eigenvalue weighted by atomic mass is 32.2. The van der Waals surface area contributed by atoms with Crippen LogP contribution < -0.4 is 5.32 Å². The van der Waals surface area contributed by atoms with Gasteiger partial charge < -0.3 is 15.1 Å². The summed E-state index contributed by atoms with van der Waals surface area (Å²) in [5.74, 6) is 2.59. The van der Waals surface area contributed by atoms with Crippen LogP contribution in [0.2, 0.25) is 0 Å². The van der Waals surface area contributed by atoms with Gasteiger partial charge in [0.05, 0.1) is 6.61 Å². The molecule has 0 rings (SSSR count). The van der Waals surface area contributed by atoms with E-state index in [2.05, 4.69) is 28.5 Å². The highest BCUT2D eigenvalue weighted by Gasteiger charge is 2.12. The Morgan fingerprint density at radius 1 is 0.606 bits per heavy atom. The van der Waals surface area contributed by atoms with Gasteiger partial charge in [-0.2, -0.15) is 11.8 Å². The monoisotopic (exact) mass is 509 g/mol. The van der Waals surface area contributed by atoms with E-state index in [1.54, 1.807) is 0 Å². The summed E-state index contributed by atoms with van der Waals surface area (Å²) >= 11 is 2.11. The molecule has 0 radical (unpaired) electrons. The average Bonchev–Trinajstić information content (AvgIpc) is 2.78. The molecule has 0 bridgehead atoms. The Bertz CT molecular complexity index is 423. The Morgan fingerprint density at radius 3 is 1.58 bits per heavy atom. The standard InChI is InChI=1S/C26H56NO4PS/c1-2-3-4-5-6-7-8-9-10-11-12-13-17-20-25-33-26-21-23-27-22-18-15-14-16-19-24-31-32(28,29)30/h27H,2-26H2,1H3,(H2,28,29,30). The second kappa shape index (κ2) is 27.0. The van der Waals surface area contributed by atoms with E-state index in [-0.39, 0.29) is 6.61 Å². The van der Waals surface area contributed by atoms with E-state index in [4.69, 9.17) is 9.79 Å². The fraction of sp³-hybridized carbons (Fsp3) is 1.00. The van der Waals surface area contributed by atoms with Gasteiger partial charge in [-0.15, -0.1) is 0 Å². The molecule has 0 atom stereocenters. The molecule has 200 valence electrons. The quantitative estimate of drug-likeness (QED) is 0.0728. The number of thioether (sulfide) groups is 1. The molecule has 33 heavy (non-hydrogen) atoms. The van der Waals surface area contributed by atoms with E-state index in [9.17, 15) is 4.57 Å². The van der Waals surface area contributed by atoms with Crippen molar-refractivity contribution in [2.45, 2.75) is 135 Å². The molecule has 5 nitrogen and oxygen atoms in total. The maximum absolute atomic E-state index is 10.5. The SMILES string of the molecule is CCCCCCCCCCCCCCCCSCCCNCCCCCCCOP(=O)(O)O. The molecule has 0 spiro atoms. The number of rotatable bonds is 28. The summed E-state index contributed by atoms with van der Waals surface area (Å²) < 4.78 is 15.0. The van der Waals surface area contributed by atoms with Crippen molar-refractivity contribution in [3.05, 3.63) is 0 Å². The lowest BCUT2D eigenvalue weighted by atomic mass is 10.0. The minimum atomic E-state index is -4.28. The zero-order valence-corrected chi connectivity index (χ0v) is 23.5. The molecule has 0 fully saturated rings. The second-order valence-electron chi connectivity index (χ2n) is 9.40. The lowest BCUT2D eigenvalue weighted by molar-refractivity contribution is 0.193. The molecule has 0 amide bonds. The third-order valence-corrected chi connectivity index (χ3v) is 7.72. The number of nitrogens with one attached hydrogen (secondary N) is 1. The topological polar surface area (TPSA) is 78.8 Å². The molecule has 0 saturated heterocycles. The molecule has 7 heteroatoms. The molecule has 0 aromatic carbocycles. The third-order valence-electron chi connectivity index (χ3n) is 6.04. The second-order valence-corrected chi connectivity index (χ2v) is 11.9. The smallest absolute Gasteiger partial charge is 0.317 e. The summed E-state index contributed by atoms with van der Waals surface area (Å²) in [5.41, 5.74) is 0. The first-order valence-electron chi connectivity index (χ1n) is 14.0. The molecule has 0 unspecified atom stereocenters. The number of hydrogen-bond donors (Lipinski definition) is 3. The fourth-order valence-electron chi connectivity index (χ4n) is 3.99. The Labute approximate surface area is 210 Å². The average molecular weight is 510 g/mol. The van der Waals surface area contributed by atoms with Crippen molar-refractivity contribution in [2.75, 3.05) is 31.2 Å². The minimum Gasteiger partial charge on any atom is -0.317 e. The van der Waals surface area contributed by atoms with Crippen molar-refractivity contribution < 1.29 is 18.9 Å². The largest absolute Gasteiger partial charge is 0.469 e.